The molecule has 1 fully saturated rings. The Morgan fingerprint density at radius 1 is 1.32 bits per heavy atom. The lowest BCUT2D eigenvalue weighted by atomic mass is 10.1. The van der Waals surface area contributed by atoms with Gasteiger partial charge in [0.1, 0.15) is 0 Å². The molecule has 5 nitrogen and oxygen atoms in total. The van der Waals surface area contributed by atoms with Crippen LogP contribution in [0.25, 0.3) is 0 Å². The maximum atomic E-state index is 12.2. The molecule has 0 aromatic heterocycles. The van der Waals surface area contributed by atoms with E-state index >= 15 is 0 Å². The average Bonchev–Trinajstić information content (AvgIpc) is 2.60. The molecular weight excluding hydrogens is 358 g/mol. The Balaban J connectivity index is 1.40. The molecule has 2 amide bonds. The number of halogens is 1. The summed E-state index contributed by atoms with van der Waals surface area (Å²) in [7, 11) is 0. The molecule has 1 unspecified atom stereocenters. The Morgan fingerprint density at radius 3 is 2.92 bits per heavy atom. The maximum absolute atomic E-state index is 12.2. The molecule has 7 heteroatoms. The summed E-state index contributed by atoms with van der Waals surface area (Å²) in [6.07, 6.45) is 5.06. The minimum atomic E-state index is -0.393. The van der Waals surface area contributed by atoms with Crippen LogP contribution >= 0.6 is 23.4 Å². The number of benzene rings is 1. The van der Waals surface area contributed by atoms with Crippen LogP contribution < -0.4 is 10.6 Å². The van der Waals surface area contributed by atoms with E-state index in [0.29, 0.717) is 11.6 Å². The van der Waals surface area contributed by atoms with Gasteiger partial charge in [0.05, 0.1) is 10.9 Å². The quantitative estimate of drug-likeness (QED) is 0.743. The highest BCUT2D eigenvalue weighted by atomic mass is 35.5. The van der Waals surface area contributed by atoms with E-state index in [1.165, 1.54) is 44.1 Å². The molecule has 0 aliphatic carbocycles. The van der Waals surface area contributed by atoms with Crippen LogP contribution in [-0.2, 0) is 9.59 Å². The number of hydrogen-bond donors (Lipinski definition) is 2. The Bertz CT molecular complexity index is 635. The highest BCUT2D eigenvalue weighted by Crippen LogP contribution is 2.38. The van der Waals surface area contributed by atoms with Crippen molar-refractivity contribution in [1.29, 1.82) is 0 Å². The number of nitrogens with zero attached hydrogens (tertiary/aromatic N) is 1. The van der Waals surface area contributed by atoms with Gasteiger partial charge < -0.3 is 15.5 Å². The second-order valence-corrected chi connectivity index (χ2v) is 8.23. The van der Waals surface area contributed by atoms with Gasteiger partial charge in [0, 0.05) is 22.9 Å². The summed E-state index contributed by atoms with van der Waals surface area (Å²) in [4.78, 5) is 27.7. The van der Waals surface area contributed by atoms with Crippen molar-refractivity contribution < 1.29 is 9.59 Å². The van der Waals surface area contributed by atoms with Crippen molar-refractivity contribution in [2.24, 2.45) is 0 Å². The van der Waals surface area contributed by atoms with Gasteiger partial charge in [0.25, 0.3) is 0 Å². The van der Waals surface area contributed by atoms with E-state index in [0.717, 1.165) is 23.5 Å². The van der Waals surface area contributed by atoms with Gasteiger partial charge in [0.2, 0.25) is 11.8 Å². The van der Waals surface area contributed by atoms with Crippen molar-refractivity contribution in [1.82, 2.24) is 10.2 Å². The number of fused-ring (bicyclic) bond motifs is 1. The predicted molar refractivity (Wildman–Crippen MR) is 102 cm³/mol. The number of carbonyl (C=O) groups is 2. The van der Waals surface area contributed by atoms with Gasteiger partial charge in [-0.05, 0) is 57.1 Å². The van der Waals surface area contributed by atoms with Gasteiger partial charge in [-0.1, -0.05) is 18.0 Å². The lowest BCUT2D eigenvalue weighted by Crippen LogP contribution is -2.36. The lowest BCUT2D eigenvalue weighted by molar-refractivity contribution is -0.124. The largest absolute Gasteiger partial charge is 0.356 e. The molecule has 2 aliphatic rings. The number of hydrogen-bond acceptors (Lipinski definition) is 4. The fraction of sp³-hybridized carbons (Fsp3) is 0.556. The third kappa shape index (κ3) is 5.36. The summed E-state index contributed by atoms with van der Waals surface area (Å²) < 4.78 is 0. The first-order valence-corrected chi connectivity index (χ1v) is 10.1. The van der Waals surface area contributed by atoms with Gasteiger partial charge in [-0.25, -0.2) is 0 Å². The minimum Gasteiger partial charge on any atom is -0.356 e. The molecule has 1 aromatic carbocycles. The molecule has 0 spiro atoms. The van der Waals surface area contributed by atoms with Crippen molar-refractivity contribution in [2.45, 2.75) is 42.2 Å². The van der Waals surface area contributed by atoms with Crippen molar-refractivity contribution in [3.8, 4) is 0 Å². The Hall–Kier alpha value is -1.24. The Labute approximate surface area is 157 Å². The summed E-state index contributed by atoms with van der Waals surface area (Å²) in [5, 5.41) is 5.97. The normalized spacial score (nSPS) is 20.7. The van der Waals surface area contributed by atoms with E-state index in [1.807, 2.05) is 6.07 Å². The number of likely N-dealkylation sites (tertiary alicyclic amines) is 1. The zero-order valence-corrected chi connectivity index (χ0v) is 15.8. The molecule has 0 bridgehead atoms. The molecule has 25 heavy (non-hydrogen) atoms. The maximum Gasteiger partial charge on any atom is 0.238 e. The van der Waals surface area contributed by atoms with Crippen molar-refractivity contribution in [2.75, 3.05) is 31.5 Å². The number of piperidine rings is 1. The number of nitrogens with one attached hydrogen (secondary N) is 2. The van der Waals surface area contributed by atoms with Crippen LogP contribution in [0.5, 0.6) is 0 Å². The third-order valence-corrected chi connectivity index (χ3v) is 6.06. The average molecular weight is 382 g/mol. The molecule has 1 aromatic rings. The SMILES string of the molecule is O=C(CC1Sc2ccc(Cl)cc2NC1=O)NCCCN1CCCCC1. The number of carbonyl (C=O) groups excluding carboxylic acids is 2. The van der Waals surface area contributed by atoms with E-state index in [4.69, 9.17) is 11.6 Å². The monoisotopic (exact) mass is 381 g/mol. The topological polar surface area (TPSA) is 61.4 Å². The van der Waals surface area contributed by atoms with Crippen LogP contribution in [0.1, 0.15) is 32.1 Å². The molecule has 136 valence electrons. The fourth-order valence-corrected chi connectivity index (χ4v) is 4.47. The second-order valence-electron chi connectivity index (χ2n) is 6.55. The van der Waals surface area contributed by atoms with Gasteiger partial charge in [-0.3, -0.25) is 9.59 Å². The van der Waals surface area contributed by atoms with Gasteiger partial charge in [-0.15, -0.1) is 11.8 Å². The number of thioether (sulfide) groups is 1. The van der Waals surface area contributed by atoms with Gasteiger partial charge >= 0.3 is 0 Å². The molecule has 3 rings (SSSR count). The van der Waals surface area contributed by atoms with Crippen molar-refractivity contribution >= 4 is 40.9 Å². The highest BCUT2D eigenvalue weighted by molar-refractivity contribution is 8.01. The first kappa shape index (κ1) is 18.5. The summed E-state index contributed by atoms with van der Waals surface area (Å²) in [5.41, 5.74) is 0.723. The smallest absolute Gasteiger partial charge is 0.238 e. The first-order chi connectivity index (χ1) is 12.1. The summed E-state index contributed by atoms with van der Waals surface area (Å²) in [6, 6.07) is 5.41. The molecule has 1 atom stereocenters. The Kier molecular flexibility index (Phi) is 6.62. The standard InChI is InChI=1S/C18H24ClN3O2S/c19-13-5-6-15-14(11-13)21-18(24)16(25-15)12-17(23)20-7-4-10-22-8-2-1-3-9-22/h5-6,11,16H,1-4,7-10,12H2,(H,20,23)(H,21,24). The highest BCUT2D eigenvalue weighted by Gasteiger charge is 2.29. The molecule has 2 N–H and O–H groups in total. The van der Waals surface area contributed by atoms with E-state index in [-0.39, 0.29) is 18.2 Å². The molecule has 0 radical (unpaired) electrons. The number of anilines is 1. The number of rotatable bonds is 6. The summed E-state index contributed by atoms with van der Waals surface area (Å²) in [5.74, 6) is -0.202. The van der Waals surface area contributed by atoms with Crippen LogP contribution in [0.2, 0.25) is 5.02 Å². The zero-order chi connectivity index (χ0) is 17.6. The van der Waals surface area contributed by atoms with Crippen LogP contribution in [0.3, 0.4) is 0 Å². The summed E-state index contributed by atoms with van der Waals surface area (Å²) in [6.45, 7) is 4.06. The molecular formula is C18H24ClN3O2S. The van der Waals surface area contributed by atoms with Crippen LogP contribution in [0.15, 0.2) is 23.1 Å². The third-order valence-electron chi connectivity index (χ3n) is 4.55. The van der Waals surface area contributed by atoms with E-state index in [9.17, 15) is 9.59 Å². The van der Waals surface area contributed by atoms with Crippen LogP contribution in [0, 0.1) is 0 Å². The Morgan fingerprint density at radius 2 is 2.12 bits per heavy atom. The zero-order valence-electron chi connectivity index (χ0n) is 14.2. The van der Waals surface area contributed by atoms with Crippen LogP contribution in [0.4, 0.5) is 5.69 Å². The molecule has 1 saturated heterocycles. The van der Waals surface area contributed by atoms with E-state index < -0.39 is 5.25 Å². The van der Waals surface area contributed by atoms with Gasteiger partial charge in [-0.2, -0.15) is 0 Å². The van der Waals surface area contributed by atoms with Gasteiger partial charge in [0.15, 0.2) is 0 Å². The fourth-order valence-electron chi connectivity index (χ4n) is 3.21. The molecule has 2 heterocycles. The second kappa shape index (κ2) is 8.92. The first-order valence-electron chi connectivity index (χ1n) is 8.88. The minimum absolute atomic E-state index is 0.0660. The molecule has 0 saturated carbocycles. The molecule has 2 aliphatic heterocycles. The van der Waals surface area contributed by atoms with Crippen molar-refractivity contribution in [3.63, 3.8) is 0 Å². The number of amides is 2. The lowest BCUT2D eigenvalue weighted by Gasteiger charge is -2.26. The summed E-state index contributed by atoms with van der Waals surface area (Å²) >= 11 is 7.37. The predicted octanol–water partition coefficient (Wildman–Crippen LogP) is 3.14. The van der Waals surface area contributed by atoms with Crippen molar-refractivity contribution in [3.05, 3.63) is 23.2 Å². The van der Waals surface area contributed by atoms with Crippen LogP contribution in [-0.4, -0.2) is 48.1 Å². The van der Waals surface area contributed by atoms with E-state index in [1.54, 1.807) is 12.1 Å². The van der Waals surface area contributed by atoms with E-state index in [2.05, 4.69) is 15.5 Å².